The average molecular weight is 353 g/mol. The minimum atomic E-state index is -0.569. The SMILES string of the molecule is Cc1ccc(NC(=O)COC(=O)COc2ccc3c(c2)CCC3)cc1C. The van der Waals surface area contributed by atoms with Gasteiger partial charge in [0.25, 0.3) is 5.91 Å². The molecule has 1 N–H and O–H groups in total. The number of hydrogen-bond acceptors (Lipinski definition) is 4. The minimum absolute atomic E-state index is 0.213. The molecule has 26 heavy (non-hydrogen) atoms. The maximum atomic E-state index is 11.9. The van der Waals surface area contributed by atoms with E-state index in [1.165, 1.54) is 11.1 Å². The van der Waals surface area contributed by atoms with Gasteiger partial charge in [0.05, 0.1) is 0 Å². The van der Waals surface area contributed by atoms with Gasteiger partial charge in [-0.05, 0) is 79.6 Å². The molecule has 3 rings (SSSR count). The number of esters is 1. The Morgan fingerprint density at radius 3 is 2.58 bits per heavy atom. The Balaban J connectivity index is 1.42. The Labute approximate surface area is 153 Å². The van der Waals surface area contributed by atoms with Crippen LogP contribution in [0.1, 0.15) is 28.7 Å². The van der Waals surface area contributed by atoms with Gasteiger partial charge >= 0.3 is 5.97 Å². The molecule has 0 heterocycles. The zero-order chi connectivity index (χ0) is 18.5. The molecule has 0 atom stereocenters. The summed E-state index contributed by atoms with van der Waals surface area (Å²) in [6.45, 7) is 3.43. The second-order valence-corrected chi connectivity index (χ2v) is 6.58. The number of carbonyl (C=O) groups is 2. The highest BCUT2D eigenvalue weighted by Gasteiger charge is 2.13. The zero-order valence-corrected chi connectivity index (χ0v) is 15.1. The van der Waals surface area contributed by atoms with E-state index in [-0.39, 0.29) is 19.1 Å². The molecule has 0 aliphatic heterocycles. The quantitative estimate of drug-likeness (QED) is 0.809. The molecule has 0 bridgehead atoms. The van der Waals surface area contributed by atoms with Crippen LogP contribution in [-0.4, -0.2) is 25.1 Å². The first-order valence-electron chi connectivity index (χ1n) is 8.78. The third kappa shape index (κ3) is 4.63. The summed E-state index contributed by atoms with van der Waals surface area (Å²) in [6, 6.07) is 11.5. The number of anilines is 1. The van der Waals surface area contributed by atoms with Gasteiger partial charge in [0.15, 0.2) is 13.2 Å². The van der Waals surface area contributed by atoms with Crippen molar-refractivity contribution in [2.24, 2.45) is 0 Å². The molecule has 1 aliphatic carbocycles. The summed E-state index contributed by atoms with van der Waals surface area (Å²) in [5.74, 6) is -0.290. The van der Waals surface area contributed by atoms with Gasteiger partial charge in [0.2, 0.25) is 0 Å². The van der Waals surface area contributed by atoms with Crippen molar-refractivity contribution in [3.63, 3.8) is 0 Å². The fourth-order valence-electron chi connectivity index (χ4n) is 2.98. The molecule has 0 radical (unpaired) electrons. The molecule has 0 spiro atoms. The molecular weight excluding hydrogens is 330 g/mol. The third-order valence-electron chi connectivity index (χ3n) is 4.58. The third-order valence-corrected chi connectivity index (χ3v) is 4.58. The van der Waals surface area contributed by atoms with E-state index in [2.05, 4.69) is 5.32 Å². The molecular formula is C21H23NO4. The lowest BCUT2D eigenvalue weighted by Gasteiger charge is -2.10. The van der Waals surface area contributed by atoms with Crippen LogP contribution in [0.3, 0.4) is 0 Å². The molecule has 0 fully saturated rings. The summed E-state index contributed by atoms with van der Waals surface area (Å²) in [5.41, 5.74) is 5.55. The second kappa shape index (κ2) is 8.04. The summed E-state index contributed by atoms with van der Waals surface area (Å²) in [5, 5.41) is 2.71. The molecule has 5 nitrogen and oxygen atoms in total. The zero-order valence-electron chi connectivity index (χ0n) is 15.1. The molecule has 2 aromatic rings. The van der Waals surface area contributed by atoms with Crippen molar-refractivity contribution < 1.29 is 19.1 Å². The number of rotatable bonds is 6. The van der Waals surface area contributed by atoms with Gasteiger partial charge < -0.3 is 14.8 Å². The monoisotopic (exact) mass is 353 g/mol. The van der Waals surface area contributed by atoms with E-state index in [1.807, 2.05) is 50.2 Å². The minimum Gasteiger partial charge on any atom is -0.482 e. The molecule has 0 saturated heterocycles. The molecule has 1 aliphatic rings. The Morgan fingerprint density at radius 1 is 0.962 bits per heavy atom. The standard InChI is InChI=1S/C21H23NO4/c1-14-6-8-18(10-15(14)2)22-20(23)12-26-21(24)13-25-19-9-7-16-4-3-5-17(16)11-19/h6-11H,3-5,12-13H2,1-2H3,(H,22,23). The van der Waals surface area contributed by atoms with Gasteiger partial charge in [-0.3, -0.25) is 4.79 Å². The van der Waals surface area contributed by atoms with Gasteiger partial charge in [0, 0.05) is 5.69 Å². The van der Waals surface area contributed by atoms with Crippen molar-refractivity contribution >= 4 is 17.6 Å². The van der Waals surface area contributed by atoms with Crippen LogP contribution >= 0.6 is 0 Å². The first-order chi connectivity index (χ1) is 12.5. The Hall–Kier alpha value is -2.82. The van der Waals surface area contributed by atoms with Crippen LogP contribution in [0.15, 0.2) is 36.4 Å². The van der Waals surface area contributed by atoms with E-state index in [9.17, 15) is 9.59 Å². The van der Waals surface area contributed by atoms with Gasteiger partial charge in [0.1, 0.15) is 5.75 Å². The van der Waals surface area contributed by atoms with Crippen molar-refractivity contribution in [1.29, 1.82) is 0 Å². The smallest absolute Gasteiger partial charge is 0.344 e. The number of nitrogens with one attached hydrogen (secondary N) is 1. The van der Waals surface area contributed by atoms with Crippen molar-refractivity contribution in [2.45, 2.75) is 33.1 Å². The molecule has 0 aromatic heterocycles. The summed E-state index contributed by atoms with van der Waals surface area (Å²) in [4.78, 5) is 23.7. The lowest BCUT2D eigenvalue weighted by atomic mass is 10.1. The predicted molar refractivity (Wildman–Crippen MR) is 99.5 cm³/mol. The predicted octanol–water partition coefficient (Wildman–Crippen LogP) is 3.35. The van der Waals surface area contributed by atoms with E-state index in [1.54, 1.807) is 0 Å². The fourth-order valence-corrected chi connectivity index (χ4v) is 2.98. The number of benzene rings is 2. The van der Waals surface area contributed by atoms with E-state index < -0.39 is 5.97 Å². The van der Waals surface area contributed by atoms with E-state index in [4.69, 9.17) is 9.47 Å². The molecule has 0 saturated carbocycles. The lowest BCUT2D eigenvalue weighted by molar-refractivity contribution is -0.149. The summed E-state index contributed by atoms with van der Waals surface area (Å²) >= 11 is 0. The molecule has 0 unspecified atom stereocenters. The molecule has 136 valence electrons. The highest BCUT2D eigenvalue weighted by Crippen LogP contribution is 2.25. The van der Waals surface area contributed by atoms with Crippen LogP contribution in [0, 0.1) is 13.8 Å². The molecule has 2 aromatic carbocycles. The number of hydrogen-bond donors (Lipinski definition) is 1. The van der Waals surface area contributed by atoms with Gasteiger partial charge in [-0.2, -0.15) is 0 Å². The highest BCUT2D eigenvalue weighted by molar-refractivity contribution is 5.93. The number of carbonyl (C=O) groups excluding carboxylic acids is 2. The van der Waals surface area contributed by atoms with E-state index in [0.717, 1.165) is 30.4 Å². The van der Waals surface area contributed by atoms with E-state index in [0.29, 0.717) is 11.4 Å². The number of ether oxygens (including phenoxy) is 2. The van der Waals surface area contributed by atoms with Crippen molar-refractivity contribution in [1.82, 2.24) is 0 Å². The largest absolute Gasteiger partial charge is 0.482 e. The summed E-state index contributed by atoms with van der Waals surface area (Å²) < 4.78 is 10.4. The Kier molecular flexibility index (Phi) is 5.56. The number of fused-ring (bicyclic) bond motifs is 1. The van der Waals surface area contributed by atoms with E-state index >= 15 is 0 Å². The van der Waals surface area contributed by atoms with Crippen molar-refractivity contribution in [2.75, 3.05) is 18.5 Å². The Morgan fingerprint density at radius 2 is 1.77 bits per heavy atom. The van der Waals surface area contributed by atoms with Crippen LogP contribution in [-0.2, 0) is 27.2 Å². The van der Waals surface area contributed by atoms with Crippen LogP contribution in [0.2, 0.25) is 0 Å². The topological polar surface area (TPSA) is 64.6 Å². The molecule has 1 amide bonds. The van der Waals surface area contributed by atoms with Crippen LogP contribution in [0.25, 0.3) is 0 Å². The fraction of sp³-hybridized carbons (Fsp3) is 0.333. The summed E-state index contributed by atoms with van der Waals surface area (Å²) in [6.07, 6.45) is 3.32. The first kappa shape index (κ1) is 18.0. The van der Waals surface area contributed by atoms with Crippen LogP contribution < -0.4 is 10.1 Å². The maximum Gasteiger partial charge on any atom is 0.344 e. The maximum absolute atomic E-state index is 11.9. The van der Waals surface area contributed by atoms with Gasteiger partial charge in [-0.15, -0.1) is 0 Å². The van der Waals surface area contributed by atoms with Gasteiger partial charge in [-0.1, -0.05) is 12.1 Å². The first-order valence-corrected chi connectivity index (χ1v) is 8.78. The molecule has 5 heteroatoms. The summed E-state index contributed by atoms with van der Waals surface area (Å²) in [7, 11) is 0. The van der Waals surface area contributed by atoms with Crippen molar-refractivity contribution in [3.05, 3.63) is 58.7 Å². The second-order valence-electron chi connectivity index (χ2n) is 6.58. The lowest BCUT2D eigenvalue weighted by Crippen LogP contribution is -2.23. The number of amides is 1. The van der Waals surface area contributed by atoms with Gasteiger partial charge in [-0.25, -0.2) is 4.79 Å². The Bertz CT molecular complexity index is 829. The normalized spacial score (nSPS) is 12.4. The average Bonchev–Trinajstić information content (AvgIpc) is 3.09. The highest BCUT2D eigenvalue weighted by atomic mass is 16.6. The van der Waals surface area contributed by atoms with Crippen LogP contribution in [0.4, 0.5) is 5.69 Å². The van der Waals surface area contributed by atoms with Crippen molar-refractivity contribution in [3.8, 4) is 5.75 Å². The number of aryl methyl sites for hydroxylation is 4. The van der Waals surface area contributed by atoms with Crippen LogP contribution in [0.5, 0.6) is 5.75 Å².